The molecule has 21 heavy (non-hydrogen) atoms. The fourth-order valence-corrected chi connectivity index (χ4v) is 3.48. The summed E-state index contributed by atoms with van der Waals surface area (Å²) in [7, 11) is 0. The van der Waals surface area contributed by atoms with Crippen LogP contribution in [0, 0.1) is 0 Å². The lowest BCUT2D eigenvalue weighted by molar-refractivity contribution is 1.05. The maximum Gasteiger partial charge on any atom is 0.130 e. The summed E-state index contributed by atoms with van der Waals surface area (Å²) in [6, 6.07) is 10.1. The van der Waals surface area contributed by atoms with Crippen LogP contribution in [0.25, 0.3) is 11.0 Å². The molecular formula is C15H13Cl2N3S. The summed E-state index contributed by atoms with van der Waals surface area (Å²) >= 11 is 13.6. The normalized spacial score (nSPS) is 11.0. The molecule has 0 saturated carbocycles. The zero-order valence-electron chi connectivity index (χ0n) is 11.4. The molecule has 3 nitrogen and oxygen atoms in total. The van der Waals surface area contributed by atoms with Crippen LogP contribution in [-0.4, -0.2) is 8.75 Å². The molecular weight excluding hydrogens is 325 g/mol. The van der Waals surface area contributed by atoms with Crippen LogP contribution in [0.2, 0.25) is 10.0 Å². The maximum absolute atomic E-state index is 6.30. The Morgan fingerprint density at radius 2 is 1.76 bits per heavy atom. The predicted octanol–water partition coefficient (Wildman–Crippen LogP) is 5.17. The van der Waals surface area contributed by atoms with Gasteiger partial charge in [0.1, 0.15) is 11.0 Å². The lowest BCUT2D eigenvalue weighted by Crippen LogP contribution is -2.03. The molecule has 1 heterocycles. The average Bonchev–Trinajstić information content (AvgIpc) is 2.97. The van der Waals surface area contributed by atoms with Crippen molar-refractivity contribution in [3.63, 3.8) is 0 Å². The molecule has 1 N–H and O–H groups in total. The molecule has 1 aromatic heterocycles. The molecule has 0 aliphatic carbocycles. The van der Waals surface area contributed by atoms with Crippen molar-refractivity contribution in [3.05, 3.63) is 51.5 Å². The van der Waals surface area contributed by atoms with E-state index in [1.165, 1.54) is 11.1 Å². The van der Waals surface area contributed by atoms with Crippen molar-refractivity contribution >= 4 is 51.7 Å². The number of benzene rings is 2. The number of halogens is 2. The standard InChI is InChI=1S/C15H13Cl2N3S/c1-2-9-5-3-4-6-10(9)8-18-13-11(16)7-12(17)14-15(13)20-21-19-14/h3-7,18H,2,8H2,1H3. The molecule has 0 unspecified atom stereocenters. The Hall–Kier alpha value is -1.36. The van der Waals surface area contributed by atoms with Gasteiger partial charge in [0.2, 0.25) is 0 Å². The molecule has 0 aliphatic rings. The molecule has 0 amide bonds. The first-order valence-electron chi connectivity index (χ1n) is 6.61. The Labute approximate surface area is 137 Å². The highest BCUT2D eigenvalue weighted by Gasteiger charge is 2.14. The van der Waals surface area contributed by atoms with E-state index < -0.39 is 0 Å². The SMILES string of the molecule is CCc1ccccc1CNc1c(Cl)cc(Cl)c2nsnc12. The van der Waals surface area contributed by atoms with E-state index in [0.717, 1.165) is 29.4 Å². The minimum atomic E-state index is 0.531. The largest absolute Gasteiger partial charge is 0.378 e. The van der Waals surface area contributed by atoms with Gasteiger partial charge in [0.25, 0.3) is 0 Å². The maximum atomic E-state index is 6.30. The zero-order valence-corrected chi connectivity index (χ0v) is 13.7. The van der Waals surface area contributed by atoms with E-state index in [2.05, 4.69) is 39.2 Å². The fourth-order valence-electron chi connectivity index (χ4n) is 2.30. The summed E-state index contributed by atoms with van der Waals surface area (Å²) in [5.41, 5.74) is 4.78. The summed E-state index contributed by atoms with van der Waals surface area (Å²) in [4.78, 5) is 0. The Morgan fingerprint density at radius 1 is 1.05 bits per heavy atom. The second kappa shape index (κ2) is 6.18. The van der Waals surface area contributed by atoms with Crippen LogP contribution in [0.3, 0.4) is 0 Å². The highest BCUT2D eigenvalue weighted by atomic mass is 35.5. The van der Waals surface area contributed by atoms with Crippen LogP contribution >= 0.6 is 34.9 Å². The summed E-state index contributed by atoms with van der Waals surface area (Å²) in [5.74, 6) is 0. The van der Waals surface area contributed by atoms with Crippen molar-refractivity contribution in [1.29, 1.82) is 0 Å². The van der Waals surface area contributed by atoms with Crippen LogP contribution < -0.4 is 5.32 Å². The Bertz CT molecular complexity index is 786. The van der Waals surface area contributed by atoms with Crippen LogP contribution in [0.15, 0.2) is 30.3 Å². The summed E-state index contributed by atoms with van der Waals surface area (Å²) in [6.45, 7) is 2.84. The molecule has 0 bridgehead atoms. The quantitative estimate of drug-likeness (QED) is 0.713. The number of anilines is 1. The van der Waals surface area contributed by atoms with Crippen molar-refractivity contribution in [1.82, 2.24) is 8.75 Å². The third kappa shape index (κ3) is 2.84. The molecule has 3 rings (SSSR count). The number of nitrogens with one attached hydrogen (secondary N) is 1. The third-order valence-electron chi connectivity index (χ3n) is 3.40. The average molecular weight is 338 g/mol. The molecule has 0 atom stereocenters. The lowest BCUT2D eigenvalue weighted by atomic mass is 10.1. The molecule has 3 aromatic rings. The minimum absolute atomic E-state index is 0.531. The molecule has 0 aliphatic heterocycles. The molecule has 0 radical (unpaired) electrons. The van der Waals surface area contributed by atoms with Crippen LogP contribution in [0.1, 0.15) is 18.1 Å². The van der Waals surface area contributed by atoms with Gasteiger partial charge in [-0.05, 0) is 23.6 Å². The Balaban J connectivity index is 1.94. The number of rotatable bonds is 4. The van der Waals surface area contributed by atoms with Gasteiger partial charge in [-0.2, -0.15) is 8.75 Å². The van der Waals surface area contributed by atoms with Gasteiger partial charge in [-0.3, -0.25) is 0 Å². The number of hydrogen-bond donors (Lipinski definition) is 1. The van der Waals surface area contributed by atoms with Crippen molar-refractivity contribution in [3.8, 4) is 0 Å². The van der Waals surface area contributed by atoms with Gasteiger partial charge < -0.3 is 5.32 Å². The number of hydrogen-bond acceptors (Lipinski definition) is 4. The predicted molar refractivity (Wildman–Crippen MR) is 90.6 cm³/mol. The molecule has 108 valence electrons. The topological polar surface area (TPSA) is 37.8 Å². The van der Waals surface area contributed by atoms with E-state index >= 15 is 0 Å². The van der Waals surface area contributed by atoms with Crippen molar-refractivity contribution in [2.75, 3.05) is 5.32 Å². The first kappa shape index (κ1) is 14.6. The molecule has 0 spiro atoms. The number of aromatic nitrogens is 2. The van der Waals surface area contributed by atoms with Crippen molar-refractivity contribution < 1.29 is 0 Å². The van der Waals surface area contributed by atoms with Gasteiger partial charge >= 0.3 is 0 Å². The van der Waals surface area contributed by atoms with Gasteiger partial charge in [0.15, 0.2) is 0 Å². The van der Waals surface area contributed by atoms with E-state index in [1.807, 2.05) is 6.07 Å². The summed E-state index contributed by atoms with van der Waals surface area (Å²) < 4.78 is 8.50. The number of aryl methyl sites for hydroxylation is 1. The van der Waals surface area contributed by atoms with E-state index in [1.54, 1.807) is 6.07 Å². The van der Waals surface area contributed by atoms with Gasteiger partial charge in [0.05, 0.1) is 27.5 Å². The highest BCUT2D eigenvalue weighted by Crippen LogP contribution is 2.35. The van der Waals surface area contributed by atoms with Crippen molar-refractivity contribution in [2.45, 2.75) is 19.9 Å². The Morgan fingerprint density at radius 3 is 2.52 bits per heavy atom. The second-order valence-corrected chi connectivity index (χ2v) is 6.00. The fraction of sp³-hybridized carbons (Fsp3) is 0.200. The Kier molecular flexibility index (Phi) is 4.29. The van der Waals surface area contributed by atoms with Gasteiger partial charge in [0, 0.05) is 6.54 Å². The smallest absolute Gasteiger partial charge is 0.130 e. The minimum Gasteiger partial charge on any atom is -0.378 e. The van der Waals surface area contributed by atoms with Crippen LogP contribution in [-0.2, 0) is 13.0 Å². The number of nitrogens with zero attached hydrogens (tertiary/aromatic N) is 2. The van der Waals surface area contributed by atoms with Crippen LogP contribution in [0.5, 0.6) is 0 Å². The van der Waals surface area contributed by atoms with Crippen molar-refractivity contribution in [2.24, 2.45) is 0 Å². The van der Waals surface area contributed by atoms with Gasteiger partial charge in [-0.15, -0.1) is 0 Å². The highest BCUT2D eigenvalue weighted by molar-refractivity contribution is 7.00. The van der Waals surface area contributed by atoms with E-state index in [0.29, 0.717) is 22.1 Å². The lowest BCUT2D eigenvalue weighted by Gasteiger charge is -2.12. The van der Waals surface area contributed by atoms with E-state index in [9.17, 15) is 0 Å². The van der Waals surface area contributed by atoms with E-state index in [-0.39, 0.29) is 0 Å². The summed E-state index contributed by atoms with van der Waals surface area (Å²) in [6.07, 6.45) is 1.000. The molecule has 6 heteroatoms. The second-order valence-electron chi connectivity index (χ2n) is 4.65. The van der Waals surface area contributed by atoms with Gasteiger partial charge in [-0.1, -0.05) is 54.4 Å². The monoisotopic (exact) mass is 337 g/mol. The zero-order chi connectivity index (χ0) is 14.8. The molecule has 2 aromatic carbocycles. The first-order valence-corrected chi connectivity index (χ1v) is 8.10. The number of fused-ring (bicyclic) bond motifs is 1. The van der Waals surface area contributed by atoms with Crippen LogP contribution in [0.4, 0.5) is 5.69 Å². The first-order chi connectivity index (χ1) is 10.2. The molecule has 0 saturated heterocycles. The third-order valence-corrected chi connectivity index (χ3v) is 4.51. The van der Waals surface area contributed by atoms with E-state index in [4.69, 9.17) is 23.2 Å². The molecule has 0 fully saturated rings. The summed E-state index contributed by atoms with van der Waals surface area (Å²) in [5, 5.41) is 4.47. The van der Waals surface area contributed by atoms with Gasteiger partial charge in [-0.25, -0.2) is 0 Å².